The van der Waals surface area contributed by atoms with Gasteiger partial charge in [0.2, 0.25) is 0 Å². The maximum absolute atomic E-state index is 13.2. The molecule has 0 aliphatic carbocycles. The maximum Gasteiger partial charge on any atom is 0.416 e. The molecule has 0 saturated heterocycles. The van der Waals surface area contributed by atoms with Crippen LogP contribution < -0.4 is 4.74 Å². The minimum Gasteiger partial charge on any atom is -0.496 e. The first-order chi connectivity index (χ1) is 14.1. The van der Waals surface area contributed by atoms with Crippen LogP contribution in [0.4, 0.5) is 13.2 Å². The molecule has 0 heterocycles. The Hall–Kier alpha value is -2.77. The van der Waals surface area contributed by atoms with Gasteiger partial charge in [-0.2, -0.15) is 13.2 Å². The molecule has 0 aromatic heterocycles. The summed E-state index contributed by atoms with van der Waals surface area (Å²) in [5.74, 6) is 0.320. The van der Waals surface area contributed by atoms with Gasteiger partial charge in [-0.1, -0.05) is 42.5 Å². The maximum atomic E-state index is 13.2. The van der Waals surface area contributed by atoms with Crippen molar-refractivity contribution in [1.82, 2.24) is 0 Å². The summed E-state index contributed by atoms with van der Waals surface area (Å²) in [5.41, 5.74) is -0.153. The fourth-order valence-corrected chi connectivity index (χ4v) is 4.70. The van der Waals surface area contributed by atoms with Gasteiger partial charge in [0.25, 0.3) is 9.05 Å². The standard InChI is InChI=1S/C22H14ClF3O3S/c1-29-18-10-6-14-12-15(22(24,25)26)8-9-17(14)20(18)21-16-5-3-2-4-13(16)7-11-19(21)30(23,27)28/h2-12H,1H3. The first kappa shape index (κ1) is 20.5. The third-order valence-electron chi connectivity index (χ3n) is 4.93. The molecule has 8 heteroatoms. The summed E-state index contributed by atoms with van der Waals surface area (Å²) in [7, 11) is 2.98. The topological polar surface area (TPSA) is 43.4 Å². The molecule has 0 aliphatic rings. The van der Waals surface area contributed by atoms with Crippen LogP contribution in [0.5, 0.6) is 5.75 Å². The Morgan fingerprint density at radius 2 is 1.50 bits per heavy atom. The molecule has 0 amide bonds. The Labute approximate surface area is 175 Å². The summed E-state index contributed by atoms with van der Waals surface area (Å²) >= 11 is 0. The van der Waals surface area contributed by atoms with Crippen LogP contribution in [0.15, 0.2) is 71.6 Å². The van der Waals surface area contributed by atoms with E-state index in [0.29, 0.717) is 27.5 Å². The molecule has 0 bridgehead atoms. The van der Waals surface area contributed by atoms with Gasteiger partial charge in [0.15, 0.2) is 0 Å². The van der Waals surface area contributed by atoms with E-state index in [2.05, 4.69) is 0 Å². The highest BCUT2D eigenvalue weighted by Gasteiger charge is 2.31. The zero-order chi connectivity index (χ0) is 21.7. The van der Waals surface area contributed by atoms with Gasteiger partial charge in [-0.25, -0.2) is 8.42 Å². The number of rotatable bonds is 3. The quantitative estimate of drug-likeness (QED) is 0.330. The summed E-state index contributed by atoms with van der Waals surface area (Å²) in [4.78, 5) is -0.145. The van der Waals surface area contributed by atoms with E-state index in [1.165, 1.54) is 31.4 Å². The minimum absolute atomic E-state index is 0.145. The van der Waals surface area contributed by atoms with Crippen LogP contribution in [-0.4, -0.2) is 15.5 Å². The van der Waals surface area contributed by atoms with Crippen molar-refractivity contribution in [3.05, 3.63) is 72.3 Å². The number of ether oxygens (including phenoxy) is 1. The Kier molecular flexibility index (Phi) is 4.91. The molecule has 0 fully saturated rings. The van der Waals surface area contributed by atoms with Crippen molar-refractivity contribution in [3.63, 3.8) is 0 Å². The summed E-state index contributed by atoms with van der Waals surface area (Å²) in [6.07, 6.45) is -4.50. The molecular weight excluding hydrogens is 437 g/mol. The number of hydrogen-bond donors (Lipinski definition) is 0. The zero-order valence-corrected chi connectivity index (χ0v) is 17.1. The molecule has 4 aromatic rings. The van der Waals surface area contributed by atoms with Crippen LogP contribution in [0.1, 0.15) is 5.56 Å². The second-order valence-electron chi connectivity index (χ2n) is 6.67. The van der Waals surface area contributed by atoms with Gasteiger partial charge in [-0.05, 0) is 45.8 Å². The van der Waals surface area contributed by atoms with Gasteiger partial charge >= 0.3 is 6.18 Å². The van der Waals surface area contributed by atoms with E-state index < -0.39 is 20.8 Å². The van der Waals surface area contributed by atoms with Crippen LogP contribution in [0, 0.1) is 0 Å². The average Bonchev–Trinajstić information content (AvgIpc) is 2.70. The average molecular weight is 451 g/mol. The number of halogens is 4. The van der Waals surface area contributed by atoms with Crippen LogP contribution in [0.25, 0.3) is 32.7 Å². The lowest BCUT2D eigenvalue weighted by Gasteiger charge is -2.18. The molecule has 154 valence electrons. The molecular formula is C22H14ClF3O3S. The van der Waals surface area contributed by atoms with Gasteiger partial charge in [-0.15, -0.1) is 0 Å². The van der Waals surface area contributed by atoms with Crippen LogP contribution >= 0.6 is 10.7 Å². The monoisotopic (exact) mass is 450 g/mol. The molecule has 4 aromatic carbocycles. The Bertz CT molecular complexity index is 1400. The predicted octanol–water partition coefficient (Wildman–Crippen LogP) is 6.61. The molecule has 3 nitrogen and oxygen atoms in total. The van der Waals surface area contributed by atoms with Gasteiger partial charge < -0.3 is 4.74 Å². The number of hydrogen-bond acceptors (Lipinski definition) is 3. The van der Waals surface area contributed by atoms with Gasteiger partial charge in [-0.3, -0.25) is 0 Å². The second kappa shape index (κ2) is 7.18. The smallest absolute Gasteiger partial charge is 0.416 e. The van der Waals surface area contributed by atoms with E-state index in [9.17, 15) is 21.6 Å². The van der Waals surface area contributed by atoms with Gasteiger partial charge in [0.1, 0.15) is 5.75 Å². The van der Waals surface area contributed by atoms with Crippen molar-refractivity contribution in [1.29, 1.82) is 0 Å². The van der Waals surface area contributed by atoms with E-state index in [-0.39, 0.29) is 10.5 Å². The summed E-state index contributed by atoms with van der Waals surface area (Å²) in [5, 5.41) is 2.05. The Balaban J connectivity index is 2.20. The number of fused-ring (bicyclic) bond motifs is 2. The predicted molar refractivity (Wildman–Crippen MR) is 111 cm³/mol. The highest BCUT2D eigenvalue weighted by molar-refractivity contribution is 8.13. The van der Waals surface area contributed by atoms with E-state index >= 15 is 0 Å². The first-order valence-electron chi connectivity index (χ1n) is 8.76. The fraction of sp³-hybridized carbons (Fsp3) is 0.0909. The van der Waals surface area contributed by atoms with Crippen molar-refractivity contribution in [3.8, 4) is 16.9 Å². The molecule has 0 N–H and O–H groups in total. The molecule has 0 saturated carbocycles. The lowest BCUT2D eigenvalue weighted by Crippen LogP contribution is -2.04. The first-order valence-corrected chi connectivity index (χ1v) is 11.1. The highest BCUT2D eigenvalue weighted by Crippen LogP contribution is 2.45. The Morgan fingerprint density at radius 1 is 0.833 bits per heavy atom. The second-order valence-corrected chi connectivity index (χ2v) is 9.21. The number of benzene rings is 4. The van der Waals surface area contributed by atoms with E-state index in [0.717, 1.165) is 17.5 Å². The van der Waals surface area contributed by atoms with Crippen molar-refractivity contribution in [2.24, 2.45) is 0 Å². The number of alkyl halides is 3. The van der Waals surface area contributed by atoms with Crippen molar-refractivity contribution < 1.29 is 26.3 Å². The van der Waals surface area contributed by atoms with E-state index in [1.807, 2.05) is 6.07 Å². The lowest BCUT2D eigenvalue weighted by molar-refractivity contribution is -0.137. The number of methoxy groups -OCH3 is 1. The summed E-state index contributed by atoms with van der Waals surface area (Å²) < 4.78 is 69.8. The Morgan fingerprint density at radius 3 is 2.17 bits per heavy atom. The largest absolute Gasteiger partial charge is 0.496 e. The molecule has 0 aliphatic heterocycles. The fourth-order valence-electron chi connectivity index (χ4n) is 3.63. The molecule has 0 unspecified atom stereocenters. The summed E-state index contributed by atoms with van der Waals surface area (Å²) in [6.45, 7) is 0. The third kappa shape index (κ3) is 3.48. The lowest BCUT2D eigenvalue weighted by atomic mass is 9.92. The zero-order valence-electron chi connectivity index (χ0n) is 15.5. The molecule has 0 spiro atoms. The van der Waals surface area contributed by atoms with Crippen molar-refractivity contribution in [2.75, 3.05) is 7.11 Å². The summed E-state index contributed by atoms with van der Waals surface area (Å²) in [6, 6.07) is 16.5. The molecule has 0 atom stereocenters. The van der Waals surface area contributed by atoms with Crippen LogP contribution in [-0.2, 0) is 15.2 Å². The normalized spacial score (nSPS) is 12.4. The third-order valence-corrected chi connectivity index (χ3v) is 6.30. The molecule has 0 radical (unpaired) electrons. The van der Waals surface area contributed by atoms with Crippen molar-refractivity contribution >= 4 is 41.3 Å². The molecule has 30 heavy (non-hydrogen) atoms. The van der Waals surface area contributed by atoms with Crippen molar-refractivity contribution in [2.45, 2.75) is 11.1 Å². The SMILES string of the molecule is COc1ccc2cc(C(F)(F)F)ccc2c1-c1c(S(=O)(=O)Cl)ccc2ccccc12. The van der Waals surface area contributed by atoms with E-state index in [1.54, 1.807) is 24.3 Å². The van der Waals surface area contributed by atoms with Gasteiger partial charge in [0.05, 0.1) is 17.6 Å². The van der Waals surface area contributed by atoms with Crippen LogP contribution in [0.2, 0.25) is 0 Å². The van der Waals surface area contributed by atoms with Crippen LogP contribution in [0.3, 0.4) is 0 Å². The highest BCUT2D eigenvalue weighted by atomic mass is 35.7. The minimum atomic E-state index is -4.50. The molecule has 4 rings (SSSR count). The van der Waals surface area contributed by atoms with E-state index in [4.69, 9.17) is 15.4 Å². The van der Waals surface area contributed by atoms with Gasteiger partial charge in [0, 0.05) is 21.8 Å².